The summed E-state index contributed by atoms with van der Waals surface area (Å²) in [7, 11) is 0. The molecule has 2 heteroatoms. The van der Waals surface area contributed by atoms with Crippen LogP contribution in [0.5, 0.6) is 0 Å². The first kappa shape index (κ1) is 12.7. The van der Waals surface area contributed by atoms with Gasteiger partial charge in [-0.2, -0.15) is 0 Å². The molecule has 18 heavy (non-hydrogen) atoms. The quantitative estimate of drug-likeness (QED) is 0.823. The van der Waals surface area contributed by atoms with Gasteiger partial charge in [0.1, 0.15) is 0 Å². The van der Waals surface area contributed by atoms with E-state index in [2.05, 4.69) is 11.2 Å². The second-order valence-corrected chi connectivity index (χ2v) is 4.51. The Morgan fingerprint density at radius 2 is 1.39 bits per heavy atom. The van der Waals surface area contributed by atoms with Crippen LogP contribution < -0.4 is 5.32 Å². The van der Waals surface area contributed by atoms with E-state index in [9.17, 15) is 0 Å². The van der Waals surface area contributed by atoms with Crippen LogP contribution in [0, 0.1) is 12.3 Å². The molecular weight excluding hydrogens is 242 g/mol. The third-order valence-corrected chi connectivity index (χ3v) is 2.94. The number of benzene rings is 2. The van der Waals surface area contributed by atoms with Gasteiger partial charge in [-0.15, -0.1) is 6.42 Å². The molecule has 1 nitrogen and oxygen atoms in total. The van der Waals surface area contributed by atoms with E-state index >= 15 is 0 Å². The monoisotopic (exact) mass is 255 g/mol. The van der Waals surface area contributed by atoms with Crippen LogP contribution in [-0.2, 0) is 13.1 Å². The van der Waals surface area contributed by atoms with Crippen LogP contribution in [0.15, 0.2) is 48.5 Å². The molecule has 2 rings (SSSR count). The molecule has 2 aromatic rings. The van der Waals surface area contributed by atoms with Gasteiger partial charge in [0, 0.05) is 23.7 Å². The minimum atomic E-state index is 0.767. The maximum atomic E-state index is 5.83. The molecular formula is C16H14ClN. The summed E-state index contributed by atoms with van der Waals surface area (Å²) in [6.45, 7) is 1.65. The molecule has 0 bridgehead atoms. The lowest BCUT2D eigenvalue weighted by Gasteiger charge is -2.05. The highest BCUT2D eigenvalue weighted by molar-refractivity contribution is 6.30. The molecule has 0 radical (unpaired) electrons. The van der Waals surface area contributed by atoms with E-state index in [1.807, 2.05) is 48.5 Å². The van der Waals surface area contributed by atoms with Gasteiger partial charge in [0.2, 0.25) is 0 Å². The zero-order valence-corrected chi connectivity index (χ0v) is 10.7. The van der Waals surface area contributed by atoms with E-state index in [4.69, 9.17) is 18.0 Å². The van der Waals surface area contributed by atoms with E-state index in [1.165, 1.54) is 11.1 Å². The highest BCUT2D eigenvalue weighted by Gasteiger charge is 1.95. The lowest BCUT2D eigenvalue weighted by Crippen LogP contribution is -2.12. The van der Waals surface area contributed by atoms with Crippen molar-refractivity contribution in [3.63, 3.8) is 0 Å². The predicted octanol–water partition coefficient (Wildman–Crippen LogP) is 3.61. The number of hydrogen-bond acceptors (Lipinski definition) is 1. The third-order valence-electron chi connectivity index (χ3n) is 2.69. The molecule has 0 atom stereocenters. The lowest BCUT2D eigenvalue weighted by molar-refractivity contribution is 0.693. The fraction of sp³-hybridized carbons (Fsp3) is 0.125. The van der Waals surface area contributed by atoms with Crippen LogP contribution in [0.2, 0.25) is 5.02 Å². The number of terminal acetylenes is 1. The summed E-state index contributed by atoms with van der Waals surface area (Å²) in [6, 6.07) is 15.9. The average molecular weight is 256 g/mol. The molecule has 0 aliphatic heterocycles. The van der Waals surface area contributed by atoms with Crippen molar-refractivity contribution < 1.29 is 0 Å². The summed E-state index contributed by atoms with van der Waals surface area (Å²) < 4.78 is 0. The molecule has 0 aromatic heterocycles. The van der Waals surface area contributed by atoms with Crippen molar-refractivity contribution in [2.75, 3.05) is 0 Å². The Kier molecular flexibility index (Phi) is 4.41. The van der Waals surface area contributed by atoms with Crippen LogP contribution in [0.1, 0.15) is 16.7 Å². The lowest BCUT2D eigenvalue weighted by atomic mass is 10.1. The molecule has 0 amide bonds. The fourth-order valence-electron chi connectivity index (χ4n) is 1.67. The Morgan fingerprint density at radius 1 is 0.889 bits per heavy atom. The smallest absolute Gasteiger partial charge is 0.0406 e. The number of hydrogen-bond donors (Lipinski definition) is 1. The van der Waals surface area contributed by atoms with Crippen LogP contribution in [0.25, 0.3) is 0 Å². The van der Waals surface area contributed by atoms with Gasteiger partial charge in [0.15, 0.2) is 0 Å². The van der Waals surface area contributed by atoms with Gasteiger partial charge in [-0.25, -0.2) is 0 Å². The first-order valence-electron chi connectivity index (χ1n) is 5.78. The highest BCUT2D eigenvalue weighted by Crippen LogP contribution is 2.09. The van der Waals surface area contributed by atoms with Gasteiger partial charge in [0.05, 0.1) is 0 Å². The Bertz CT molecular complexity index is 535. The highest BCUT2D eigenvalue weighted by atomic mass is 35.5. The molecule has 0 aliphatic carbocycles. The summed E-state index contributed by atoms with van der Waals surface area (Å²) in [4.78, 5) is 0. The molecule has 90 valence electrons. The normalized spacial score (nSPS) is 10.0. The largest absolute Gasteiger partial charge is 0.309 e. The summed E-state index contributed by atoms with van der Waals surface area (Å²) in [6.07, 6.45) is 5.31. The second kappa shape index (κ2) is 6.26. The first-order valence-corrected chi connectivity index (χ1v) is 6.16. The minimum Gasteiger partial charge on any atom is -0.309 e. The van der Waals surface area contributed by atoms with Crippen molar-refractivity contribution in [1.82, 2.24) is 5.32 Å². The van der Waals surface area contributed by atoms with Crippen molar-refractivity contribution in [3.8, 4) is 12.3 Å². The van der Waals surface area contributed by atoms with Crippen LogP contribution in [0.3, 0.4) is 0 Å². The molecule has 0 saturated heterocycles. The topological polar surface area (TPSA) is 12.0 Å². The van der Waals surface area contributed by atoms with Crippen molar-refractivity contribution in [3.05, 3.63) is 70.2 Å². The SMILES string of the molecule is C#Cc1ccc(CNCc2ccc(Cl)cc2)cc1. The van der Waals surface area contributed by atoms with E-state index in [1.54, 1.807) is 0 Å². The Balaban J connectivity index is 1.84. The summed E-state index contributed by atoms with van der Waals surface area (Å²) in [5.41, 5.74) is 3.36. The molecule has 0 spiro atoms. The van der Waals surface area contributed by atoms with E-state index in [0.717, 1.165) is 23.7 Å². The molecule has 0 saturated carbocycles. The molecule has 0 heterocycles. The number of rotatable bonds is 4. The summed E-state index contributed by atoms with van der Waals surface area (Å²) >= 11 is 5.83. The number of halogens is 1. The van der Waals surface area contributed by atoms with Gasteiger partial charge in [0.25, 0.3) is 0 Å². The maximum Gasteiger partial charge on any atom is 0.0406 e. The van der Waals surface area contributed by atoms with Gasteiger partial charge in [-0.1, -0.05) is 41.8 Å². The predicted molar refractivity (Wildman–Crippen MR) is 76.4 cm³/mol. The summed E-state index contributed by atoms with van der Waals surface area (Å²) in [5, 5.41) is 4.15. The average Bonchev–Trinajstić information content (AvgIpc) is 2.42. The van der Waals surface area contributed by atoms with E-state index in [-0.39, 0.29) is 0 Å². The van der Waals surface area contributed by atoms with Crippen LogP contribution in [-0.4, -0.2) is 0 Å². The molecule has 0 unspecified atom stereocenters. The van der Waals surface area contributed by atoms with Gasteiger partial charge in [-0.3, -0.25) is 0 Å². The zero-order valence-electron chi connectivity index (χ0n) is 9.99. The van der Waals surface area contributed by atoms with Crippen molar-refractivity contribution in [1.29, 1.82) is 0 Å². The maximum absolute atomic E-state index is 5.83. The Labute approximate surface area is 113 Å². The van der Waals surface area contributed by atoms with Gasteiger partial charge >= 0.3 is 0 Å². The van der Waals surface area contributed by atoms with Gasteiger partial charge in [-0.05, 0) is 35.4 Å². The molecule has 0 aliphatic rings. The number of nitrogens with one attached hydrogen (secondary N) is 1. The van der Waals surface area contributed by atoms with Crippen LogP contribution in [0.4, 0.5) is 0 Å². The molecule has 0 fully saturated rings. The Morgan fingerprint density at radius 3 is 1.89 bits per heavy atom. The zero-order chi connectivity index (χ0) is 12.8. The van der Waals surface area contributed by atoms with Gasteiger partial charge < -0.3 is 5.32 Å². The van der Waals surface area contributed by atoms with Crippen molar-refractivity contribution in [2.45, 2.75) is 13.1 Å². The Hall–Kier alpha value is -1.75. The van der Waals surface area contributed by atoms with E-state index in [0.29, 0.717) is 0 Å². The standard InChI is InChI=1S/C16H14ClN/c1-2-13-3-5-14(6-4-13)11-18-12-15-7-9-16(17)10-8-15/h1,3-10,18H,11-12H2. The molecule has 1 N–H and O–H groups in total. The molecule has 2 aromatic carbocycles. The van der Waals surface area contributed by atoms with Crippen LogP contribution >= 0.6 is 11.6 Å². The summed E-state index contributed by atoms with van der Waals surface area (Å²) in [5.74, 6) is 2.61. The minimum absolute atomic E-state index is 0.767. The third kappa shape index (κ3) is 3.63. The van der Waals surface area contributed by atoms with Crippen molar-refractivity contribution in [2.24, 2.45) is 0 Å². The van der Waals surface area contributed by atoms with E-state index < -0.39 is 0 Å². The van der Waals surface area contributed by atoms with Crippen molar-refractivity contribution >= 4 is 11.6 Å². The second-order valence-electron chi connectivity index (χ2n) is 4.07. The first-order chi connectivity index (χ1) is 8.78. The fourth-order valence-corrected chi connectivity index (χ4v) is 1.80.